The number of halogens is 1. The second kappa shape index (κ2) is 9.35. The van der Waals surface area contributed by atoms with E-state index in [1.54, 1.807) is 24.6 Å². The van der Waals surface area contributed by atoms with E-state index in [1.807, 2.05) is 28.8 Å². The smallest absolute Gasteiger partial charge is 0.172 e. The molecular weight excluding hydrogens is 480 g/mol. The molecule has 3 aromatic heterocycles. The topological polar surface area (TPSA) is 72.4 Å². The number of nitrogens with one attached hydrogen (secondary N) is 1. The molecule has 0 aliphatic heterocycles. The van der Waals surface area contributed by atoms with Gasteiger partial charge in [0.05, 0.1) is 22.6 Å². The number of rotatable bonds is 6. The summed E-state index contributed by atoms with van der Waals surface area (Å²) in [5.41, 5.74) is 3.98. The molecule has 1 fully saturated rings. The molecule has 1 aromatic carbocycles. The van der Waals surface area contributed by atoms with Crippen LogP contribution in [0.4, 0.5) is 5.82 Å². The van der Waals surface area contributed by atoms with Crippen molar-refractivity contribution in [1.82, 2.24) is 14.6 Å². The van der Waals surface area contributed by atoms with Gasteiger partial charge in [-0.1, -0.05) is 24.3 Å². The molecule has 1 N–H and O–H groups in total. The molecule has 0 amide bonds. The number of allylic oxidation sites excluding steroid dienone is 1. The lowest BCUT2D eigenvalue weighted by atomic mass is 9.83. The van der Waals surface area contributed by atoms with E-state index in [2.05, 4.69) is 51.5 Å². The van der Waals surface area contributed by atoms with Crippen molar-refractivity contribution < 1.29 is 9.21 Å². The average molecular weight is 505 g/mol. The summed E-state index contributed by atoms with van der Waals surface area (Å²) in [7, 11) is 0. The van der Waals surface area contributed by atoms with Crippen LogP contribution >= 0.6 is 15.9 Å². The number of hydrogen-bond donors (Lipinski definition) is 1. The van der Waals surface area contributed by atoms with Crippen molar-refractivity contribution in [2.45, 2.75) is 38.6 Å². The molecule has 4 aromatic rings. The maximum Gasteiger partial charge on any atom is 0.172 e. The minimum absolute atomic E-state index is 0.0631. The molecule has 0 atom stereocenters. The van der Waals surface area contributed by atoms with Gasteiger partial charge in [0.1, 0.15) is 11.6 Å². The van der Waals surface area contributed by atoms with Gasteiger partial charge in [0.25, 0.3) is 0 Å². The van der Waals surface area contributed by atoms with Crippen molar-refractivity contribution >= 4 is 39.3 Å². The number of furan rings is 1. The Balaban J connectivity index is 1.32. The van der Waals surface area contributed by atoms with Gasteiger partial charge < -0.3 is 9.73 Å². The number of aryl methyl sites for hydroxylation is 1. The predicted octanol–water partition coefficient (Wildman–Crippen LogP) is 6.31. The molecule has 0 radical (unpaired) electrons. The molecule has 6 nitrogen and oxygen atoms in total. The molecule has 0 bridgehead atoms. The van der Waals surface area contributed by atoms with Gasteiger partial charge in [-0.2, -0.15) is 9.61 Å². The van der Waals surface area contributed by atoms with E-state index in [4.69, 9.17) is 9.40 Å². The second-order valence-electron chi connectivity index (χ2n) is 8.51. The highest BCUT2D eigenvalue weighted by molar-refractivity contribution is 9.10. The third-order valence-electron chi connectivity index (χ3n) is 6.29. The van der Waals surface area contributed by atoms with Crippen LogP contribution in [-0.2, 0) is 4.79 Å². The Morgan fingerprint density at radius 1 is 1.18 bits per heavy atom. The van der Waals surface area contributed by atoms with Gasteiger partial charge in [-0.05, 0) is 78.4 Å². The first-order valence-electron chi connectivity index (χ1n) is 11.2. The quantitative estimate of drug-likeness (QED) is 0.311. The number of fused-ring (bicyclic) bond motifs is 1. The van der Waals surface area contributed by atoms with Gasteiger partial charge in [-0.25, -0.2) is 4.98 Å². The van der Waals surface area contributed by atoms with E-state index < -0.39 is 0 Å². The van der Waals surface area contributed by atoms with Crippen LogP contribution in [0, 0.1) is 12.8 Å². The van der Waals surface area contributed by atoms with Crippen molar-refractivity contribution in [3.63, 3.8) is 0 Å². The highest BCUT2D eigenvalue weighted by Crippen LogP contribution is 2.31. The fourth-order valence-electron chi connectivity index (χ4n) is 4.46. The van der Waals surface area contributed by atoms with Gasteiger partial charge in [0, 0.05) is 23.6 Å². The van der Waals surface area contributed by atoms with Crippen LogP contribution in [0.2, 0.25) is 0 Å². The van der Waals surface area contributed by atoms with Crippen LogP contribution in [0.1, 0.15) is 37.0 Å². The van der Waals surface area contributed by atoms with Gasteiger partial charge in [-0.3, -0.25) is 4.79 Å². The van der Waals surface area contributed by atoms with Crippen LogP contribution in [0.15, 0.2) is 69.9 Å². The van der Waals surface area contributed by atoms with E-state index in [1.165, 1.54) is 5.56 Å². The first-order chi connectivity index (χ1) is 16.1. The van der Waals surface area contributed by atoms with Crippen LogP contribution in [0.25, 0.3) is 23.0 Å². The summed E-state index contributed by atoms with van der Waals surface area (Å²) < 4.78 is 7.98. The third-order valence-corrected chi connectivity index (χ3v) is 6.85. The minimum atomic E-state index is 0.0631. The summed E-state index contributed by atoms with van der Waals surface area (Å²) in [6, 6.07) is 14.3. The number of nitrogens with zero attached hydrogens (tertiary/aromatic N) is 3. The van der Waals surface area contributed by atoms with Crippen LogP contribution in [0.3, 0.4) is 0 Å². The van der Waals surface area contributed by atoms with E-state index in [9.17, 15) is 4.79 Å². The summed E-state index contributed by atoms with van der Waals surface area (Å²) in [6.07, 6.45) is 10.4. The second-order valence-corrected chi connectivity index (χ2v) is 9.37. The van der Waals surface area contributed by atoms with Crippen molar-refractivity contribution in [2.24, 2.45) is 5.92 Å². The molecule has 1 aliphatic carbocycles. The average Bonchev–Trinajstić information content (AvgIpc) is 3.48. The SMILES string of the molecule is Cc1ccccc1-c1cc(NC2CCC(C(=O)/C=C/c3ccco3)CC2)n2ncc(Br)c2n1. The first-order valence-corrected chi connectivity index (χ1v) is 12.0. The van der Waals surface area contributed by atoms with Crippen molar-refractivity contribution in [1.29, 1.82) is 0 Å². The molecule has 5 rings (SSSR count). The zero-order valence-electron chi connectivity index (χ0n) is 18.4. The number of benzene rings is 1. The summed E-state index contributed by atoms with van der Waals surface area (Å²) in [5.74, 6) is 1.86. The number of carbonyl (C=O) groups excluding carboxylic acids is 1. The molecule has 1 aliphatic rings. The van der Waals surface area contributed by atoms with Crippen molar-refractivity contribution in [2.75, 3.05) is 5.32 Å². The standard InChI is InChI=1S/C26H25BrN4O2/c1-17-5-2-3-7-21(17)23-15-25(31-26(30-23)22(27)16-28-31)29-19-10-8-18(9-11-19)24(32)13-12-20-6-4-14-33-20/h2-7,12-16,18-19,29H,8-11H2,1H3/b13-12+. The normalized spacial score (nSPS) is 18.7. The Hall–Kier alpha value is -3.19. The Kier molecular flexibility index (Phi) is 6.13. The highest BCUT2D eigenvalue weighted by Gasteiger charge is 2.26. The highest BCUT2D eigenvalue weighted by atomic mass is 79.9. The molecule has 1 saturated carbocycles. The summed E-state index contributed by atoms with van der Waals surface area (Å²) >= 11 is 3.58. The zero-order chi connectivity index (χ0) is 22.8. The molecule has 3 heterocycles. The fraction of sp³-hybridized carbons (Fsp3) is 0.269. The summed E-state index contributed by atoms with van der Waals surface area (Å²) in [4.78, 5) is 17.4. The molecule has 33 heavy (non-hydrogen) atoms. The Morgan fingerprint density at radius 3 is 2.76 bits per heavy atom. The monoisotopic (exact) mass is 504 g/mol. The van der Waals surface area contributed by atoms with E-state index >= 15 is 0 Å². The Morgan fingerprint density at radius 2 is 2.00 bits per heavy atom. The summed E-state index contributed by atoms with van der Waals surface area (Å²) in [5, 5.41) is 8.18. The molecule has 0 saturated heterocycles. The van der Waals surface area contributed by atoms with E-state index in [0.717, 1.165) is 52.9 Å². The van der Waals surface area contributed by atoms with Crippen molar-refractivity contribution in [3.8, 4) is 11.3 Å². The summed E-state index contributed by atoms with van der Waals surface area (Å²) in [6.45, 7) is 2.10. The lowest BCUT2D eigenvalue weighted by molar-refractivity contribution is -0.119. The number of carbonyl (C=O) groups is 1. The van der Waals surface area contributed by atoms with Crippen LogP contribution in [0.5, 0.6) is 0 Å². The number of anilines is 1. The fourth-order valence-corrected chi connectivity index (χ4v) is 4.80. The van der Waals surface area contributed by atoms with E-state index in [0.29, 0.717) is 5.76 Å². The van der Waals surface area contributed by atoms with Gasteiger partial charge in [0.2, 0.25) is 0 Å². The number of hydrogen-bond acceptors (Lipinski definition) is 5. The number of ketones is 1. The first kappa shape index (κ1) is 21.6. The predicted molar refractivity (Wildman–Crippen MR) is 133 cm³/mol. The Labute approximate surface area is 200 Å². The zero-order valence-corrected chi connectivity index (χ0v) is 20.0. The lowest BCUT2D eigenvalue weighted by Gasteiger charge is -2.28. The molecule has 0 unspecified atom stereocenters. The maximum atomic E-state index is 12.6. The maximum absolute atomic E-state index is 12.6. The third kappa shape index (κ3) is 4.64. The van der Waals surface area contributed by atoms with Crippen molar-refractivity contribution in [3.05, 3.63) is 76.8 Å². The molecule has 0 spiro atoms. The van der Waals surface area contributed by atoms with Gasteiger partial charge in [0.15, 0.2) is 11.4 Å². The Bertz CT molecular complexity index is 1300. The molecular formula is C26H25BrN4O2. The van der Waals surface area contributed by atoms with E-state index in [-0.39, 0.29) is 17.7 Å². The van der Waals surface area contributed by atoms with Crippen LogP contribution < -0.4 is 5.32 Å². The van der Waals surface area contributed by atoms with Crippen LogP contribution in [-0.4, -0.2) is 26.4 Å². The lowest BCUT2D eigenvalue weighted by Crippen LogP contribution is -2.29. The molecule has 7 heteroatoms. The largest absolute Gasteiger partial charge is 0.465 e. The van der Waals surface area contributed by atoms with Gasteiger partial charge in [-0.15, -0.1) is 0 Å². The number of aromatic nitrogens is 3. The minimum Gasteiger partial charge on any atom is -0.465 e. The molecule has 168 valence electrons. The van der Waals surface area contributed by atoms with Gasteiger partial charge >= 0.3 is 0 Å².